The van der Waals surface area contributed by atoms with Crippen molar-refractivity contribution >= 4 is 34.9 Å². The molecule has 0 atom stereocenters. The second kappa shape index (κ2) is 7.80. The van der Waals surface area contributed by atoms with Gasteiger partial charge in [0.05, 0.1) is 5.69 Å². The first kappa shape index (κ1) is 17.5. The first-order chi connectivity index (χ1) is 13.2. The zero-order valence-corrected chi connectivity index (χ0v) is 15.8. The lowest BCUT2D eigenvalue weighted by molar-refractivity contribution is 0.102. The second-order valence-electron chi connectivity index (χ2n) is 6.36. The van der Waals surface area contributed by atoms with Crippen LogP contribution in [0.1, 0.15) is 28.0 Å². The largest absolute Gasteiger partial charge is 0.340 e. The van der Waals surface area contributed by atoms with E-state index < -0.39 is 0 Å². The van der Waals surface area contributed by atoms with Crippen LogP contribution in [0.25, 0.3) is 0 Å². The SMILES string of the molecule is CSc1nc2c(c(Nc3ccc(NC(=O)c4ccccc4)cc3)n1)CCC2. The molecule has 1 aliphatic rings. The van der Waals surface area contributed by atoms with Crippen LogP contribution < -0.4 is 10.6 Å². The molecule has 0 saturated heterocycles. The fraction of sp³-hybridized carbons (Fsp3) is 0.190. The average Bonchev–Trinajstić information content (AvgIpc) is 3.19. The third kappa shape index (κ3) is 3.95. The van der Waals surface area contributed by atoms with Crippen LogP contribution in [0.4, 0.5) is 17.2 Å². The monoisotopic (exact) mass is 376 g/mol. The Hall–Kier alpha value is -2.86. The number of hydrogen-bond donors (Lipinski definition) is 2. The van der Waals surface area contributed by atoms with E-state index in [1.165, 1.54) is 5.56 Å². The van der Waals surface area contributed by atoms with E-state index in [9.17, 15) is 4.79 Å². The van der Waals surface area contributed by atoms with E-state index in [1.807, 2.05) is 48.7 Å². The normalized spacial score (nSPS) is 12.5. The summed E-state index contributed by atoms with van der Waals surface area (Å²) in [5.74, 6) is 0.775. The first-order valence-electron chi connectivity index (χ1n) is 8.90. The lowest BCUT2D eigenvalue weighted by Crippen LogP contribution is -2.11. The van der Waals surface area contributed by atoms with Gasteiger partial charge in [0.1, 0.15) is 5.82 Å². The van der Waals surface area contributed by atoms with E-state index in [0.29, 0.717) is 5.56 Å². The van der Waals surface area contributed by atoms with Crippen molar-refractivity contribution in [1.82, 2.24) is 9.97 Å². The van der Waals surface area contributed by atoms with E-state index in [4.69, 9.17) is 0 Å². The van der Waals surface area contributed by atoms with E-state index in [-0.39, 0.29) is 5.91 Å². The van der Waals surface area contributed by atoms with Crippen LogP contribution in [-0.2, 0) is 12.8 Å². The number of aromatic nitrogens is 2. The zero-order chi connectivity index (χ0) is 18.6. The summed E-state index contributed by atoms with van der Waals surface area (Å²) in [7, 11) is 0. The standard InChI is InChI=1S/C21H20N4OS/c1-27-21-24-18-9-5-8-17(18)19(25-21)22-15-10-12-16(13-11-15)23-20(26)14-6-3-2-4-7-14/h2-4,6-7,10-13H,5,8-9H2,1H3,(H,23,26)(H,22,24,25). The van der Waals surface area contributed by atoms with Crippen molar-refractivity contribution in [2.24, 2.45) is 0 Å². The summed E-state index contributed by atoms with van der Waals surface area (Å²) in [6, 6.07) is 16.9. The van der Waals surface area contributed by atoms with Crippen molar-refractivity contribution in [3.63, 3.8) is 0 Å². The highest BCUT2D eigenvalue weighted by Crippen LogP contribution is 2.30. The molecule has 0 aliphatic heterocycles. The van der Waals surface area contributed by atoms with Crippen LogP contribution in [0, 0.1) is 0 Å². The summed E-state index contributed by atoms with van der Waals surface area (Å²) in [4.78, 5) is 21.5. The molecule has 2 N–H and O–H groups in total. The fourth-order valence-electron chi connectivity index (χ4n) is 3.17. The molecule has 0 spiro atoms. The molecule has 0 saturated carbocycles. The van der Waals surface area contributed by atoms with E-state index >= 15 is 0 Å². The maximum Gasteiger partial charge on any atom is 0.255 e. The van der Waals surface area contributed by atoms with Crippen molar-refractivity contribution in [3.05, 3.63) is 71.4 Å². The van der Waals surface area contributed by atoms with Gasteiger partial charge in [0, 0.05) is 22.5 Å². The molecule has 3 aromatic rings. The highest BCUT2D eigenvalue weighted by Gasteiger charge is 2.19. The van der Waals surface area contributed by atoms with Crippen LogP contribution >= 0.6 is 11.8 Å². The molecule has 4 rings (SSSR count). The summed E-state index contributed by atoms with van der Waals surface area (Å²) < 4.78 is 0. The Morgan fingerprint density at radius 1 is 0.963 bits per heavy atom. The summed E-state index contributed by atoms with van der Waals surface area (Å²) in [6.07, 6.45) is 5.15. The number of rotatable bonds is 5. The number of carbonyl (C=O) groups excluding carboxylic acids is 1. The molecule has 5 nitrogen and oxygen atoms in total. The maximum absolute atomic E-state index is 12.2. The Bertz CT molecular complexity index is 958. The number of fused-ring (bicyclic) bond motifs is 1. The first-order valence-corrected chi connectivity index (χ1v) is 10.1. The summed E-state index contributed by atoms with van der Waals surface area (Å²) >= 11 is 1.56. The number of aryl methyl sites for hydroxylation is 1. The van der Waals surface area contributed by atoms with Crippen LogP contribution in [-0.4, -0.2) is 22.1 Å². The number of nitrogens with one attached hydrogen (secondary N) is 2. The van der Waals surface area contributed by atoms with E-state index in [2.05, 4.69) is 20.6 Å². The number of carbonyl (C=O) groups is 1. The molecule has 0 bridgehead atoms. The van der Waals surface area contributed by atoms with Gasteiger partial charge in [0.25, 0.3) is 5.91 Å². The van der Waals surface area contributed by atoms with Gasteiger partial charge in [-0.1, -0.05) is 30.0 Å². The topological polar surface area (TPSA) is 66.9 Å². The molecule has 27 heavy (non-hydrogen) atoms. The molecular weight excluding hydrogens is 356 g/mol. The summed E-state index contributed by atoms with van der Waals surface area (Å²) in [5.41, 5.74) is 4.71. The van der Waals surface area contributed by atoms with Gasteiger partial charge in [-0.2, -0.15) is 0 Å². The lowest BCUT2D eigenvalue weighted by atomic mass is 10.2. The predicted octanol–water partition coefficient (Wildman–Crippen LogP) is 4.68. The minimum absolute atomic E-state index is 0.116. The van der Waals surface area contributed by atoms with Gasteiger partial charge in [-0.15, -0.1) is 0 Å². The molecule has 1 aromatic heterocycles. The predicted molar refractivity (Wildman–Crippen MR) is 110 cm³/mol. The van der Waals surface area contributed by atoms with Gasteiger partial charge in [0.15, 0.2) is 5.16 Å². The summed E-state index contributed by atoms with van der Waals surface area (Å²) in [5, 5.41) is 7.12. The van der Waals surface area contributed by atoms with Gasteiger partial charge in [-0.3, -0.25) is 4.79 Å². The van der Waals surface area contributed by atoms with Gasteiger partial charge in [-0.05, 0) is 61.9 Å². The zero-order valence-electron chi connectivity index (χ0n) is 15.0. The van der Waals surface area contributed by atoms with E-state index in [1.54, 1.807) is 23.9 Å². The van der Waals surface area contributed by atoms with Gasteiger partial charge in [-0.25, -0.2) is 9.97 Å². The number of nitrogens with zero attached hydrogens (tertiary/aromatic N) is 2. The van der Waals surface area contributed by atoms with Crippen molar-refractivity contribution in [2.75, 3.05) is 16.9 Å². The Balaban J connectivity index is 1.49. The van der Waals surface area contributed by atoms with Crippen molar-refractivity contribution in [3.8, 4) is 0 Å². The van der Waals surface area contributed by atoms with Crippen LogP contribution in [0.2, 0.25) is 0 Å². The Morgan fingerprint density at radius 2 is 1.70 bits per heavy atom. The molecule has 0 radical (unpaired) electrons. The van der Waals surface area contributed by atoms with E-state index in [0.717, 1.165) is 47.3 Å². The van der Waals surface area contributed by atoms with Gasteiger partial charge >= 0.3 is 0 Å². The Kier molecular flexibility index (Phi) is 5.07. The average molecular weight is 376 g/mol. The smallest absolute Gasteiger partial charge is 0.255 e. The fourth-order valence-corrected chi connectivity index (χ4v) is 3.55. The van der Waals surface area contributed by atoms with Gasteiger partial charge in [0.2, 0.25) is 0 Å². The lowest BCUT2D eigenvalue weighted by Gasteiger charge is -2.12. The maximum atomic E-state index is 12.2. The van der Waals surface area contributed by atoms with Crippen molar-refractivity contribution in [1.29, 1.82) is 0 Å². The molecule has 1 aliphatic carbocycles. The number of anilines is 3. The number of benzene rings is 2. The van der Waals surface area contributed by atoms with Crippen LogP contribution in [0.15, 0.2) is 59.8 Å². The highest BCUT2D eigenvalue weighted by molar-refractivity contribution is 7.98. The number of amides is 1. The third-order valence-corrected chi connectivity index (χ3v) is 5.08. The molecule has 0 unspecified atom stereocenters. The van der Waals surface area contributed by atoms with Gasteiger partial charge < -0.3 is 10.6 Å². The summed E-state index contributed by atoms with van der Waals surface area (Å²) in [6.45, 7) is 0. The molecule has 6 heteroatoms. The molecule has 136 valence electrons. The minimum Gasteiger partial charge on any atom is -0.340 e. The molecule has 1 amide bonds. The molecule has 1 heterocycles. The Labute approximate surface area is 162 Å². The minimum atomic E-state index is -0.116. The van der Waals surface area contributed by atoms with Crippen LogP contribution in [0.3, 0.4) is 0 Å². The molecule has 0 fully saturated rings. The number of hydrogen-bond acceptors (Lipinski definition) is 5. The van der Waals surface area contributed by atoms with Crippen LogP contribution in [0.5, 0.6) is 0 Å². The number of thioether (sulfide) groups is 1. The third-order valence-electron chi connectivity index (χ3n) is 4.54. The second-order valence-corrected chi connectivity index (χ2v) is 7.13. The molecular formula is C21H20N4OS. The highest BCUT2D eigenvalue weighted by atomic mass is 32.2. The molecule has 2 aromatic carbocycles. The Morgan fingerprint density at radius 3 is 2.44 bits per heavy atom. The van der Waals surface area contributed by atoms with Crippen molar-refractivity contribution in [2.45, 2.75) is 24.4 Å². The quantitative estimate of drug-likeness (QED) is 0.500. The van der Waals surface area contributed by atoms with Crippen molar-refractivity contribution < 1.29 is 4.79 Å².